The number of rotatable bonds is 13. The number of allylic oxidation sites excluding steroid dienone is 1. The first kappa shape index (κ1) is 31.3. The summed E-state index contributed by atoms with van der Waals surface area (Å²) in [4.78, 5) is 12.5. The quantitative estimate of drug-likeness (QED) is 0.106. The second-order valence-electron chi connectivity index (χ2n) is 8.80. The summed E-state index contributed by atoms with van der Waals surface area (Å²) in [7, 11) is 0. The summed E-state index contributed by atoms with van der Waals surface area (Å²) in [6.07, 6.45) is 11.8. The van der Waals surface area contributed by atoms with E-state index >= 15 is 0 Å². The predicted molar refractivity (Wildman–Crippen MR) is 162 cm³/mol. The van der Waals surface area contributed by atoms with E-state index in [1.165, 1.54) is 38.5 Å². The van der Waals surface area contributed by atoms with Crippen LogP contribution in [0.3, 0.4) is 0 Å². The van der Waals surface area contributed by atoms with Crippen molar-refractivity contribution in [3.05, 3.63) is 72.8 Å². The van der Waals surface area contributed by atoms with Gasteiger partial charge in [-0.1, -0.05) is 144 Å². The summed E-state index contributed by atoms with van der Waals surface area (Å²) in [5, 5.41) is 0. The summed E-state index contributed by atoms with van der Waals surface area (Å²) in [5.74, 6) is 0.824. The topological polar surface area (TPSA) is 47.9 Å². The lowest BCUT2D eigenvalue weighted by molar-refractivity contribution is 0.304. The number of alkyl halides is 6. The highest BCUT2D eigenvalue weighted by molar-refractivity contribution is 6.67. The van der Waals surface area contributed by atoms with Crippen LogP contribution in [-0.4, -0.2) is 21.6 Å². The van der Waals surface area contributed by atoms with E-state index in [-0.39, 0.29) is 17.5 Å². The molecule has 1 aromatic heterocycles. The van der Waals surface area contributed by atoms with Crippen molar-refractivity contribution in [3.63, 3.8) is 0 Å². The van der Waals surface area contributed by atoms with Crippen LogP contribution in [0.25, 0.3) is 22.5 Å². The minimum Gasteiger partial charge on any atom is -0.494 e. The van der Waals surface area contributed by atoms with Crippen LogP contribution in [0.4, 0.5) is 0 Å². The number of unbranched alkanes of at least 4 members (excludes halogenated alkanes) is 7. The SMILES string of the molecule is C=CCCCCCCCCCOc1ccc(-c2ccc(-c3nc(C(Cl)(Cl)Cl)nc(C(Cl)(Cl)Cl)n3)cc2)cc1. The van der Waals surface area contributed by atoms with Crippen molar-refractivity contribution in [3.8, 4) is 28.3 Å². The van der Waals surface area contributed by atoms with Crippen molar-refractivity contribution in [2.24, 2.45) is 0 Å². The van der Waals surface area contributed by atoms with E-state index in [1.54, 1.807) is 0 Å². The maximum atomic E-state index is 5.97. The number of ether oxygens (including phenoxy) is 1. The molecule has 0 amide bonds. The molecule has 0 aliphatic carbocycles. The zero-order valence-electron chi connectivity index (χ0n) is 20.8. The third kappa shape index (κ3) is 10.0. The van der Waals surface area contributed by atoms with Crippen molar-refractivity contribution in [2.45, 2.75) is 59.0 Å². The van der Waals surface area contributed by atoms with E-state index in [0.29, 0.717) is 5.56 Å². The van der Waals surface area contributed by atoms with Gasteiger partial charge >= 0.3 is 0 Å². The smallest absolute Gasteiger partial charge is 0.250 e. The Morgan fingerprint density at radius 3 is 1.55 bits per heavy atom. The molecule has 2 aromatic carbocycles. The Hall–Kier alpha value is -1.27. The Labute approximate surface area is 254 Å². The van der Waals surface area contributed by atoms with Crippen LogP contribution in [0, 0.1) is 0 Å². The molecule has 38 heavy (non-hydrogen) atoms. The zero-order chi connectivity index (χ0) is 27.6. The molecule has 0 aliphatic rings. The Morgan fingerprint density at radius 2 is 1.05 bits per heavy atom. The predicted octanol–water partition coefficient (Wildman–Crippen LogP) is 10.5. The number of hydrogen-bond acceptors (Lipinski definition) is 4. The van der Waals surface area contributed by atoms with E-state index in [4.69, 9.17) is 74.3 Å². The molecule has 0 fully saturated rings. The number of nitrogens with zero attached hydrogens (tertiary/aromatic N) is 3. The van der Waals surface area contributed by atoms with Gasteiger partial charge in [0.05, 0.1) is 6.61 Å². The molecule has 0 unspecified atom stereocenters. The molecule has 3 rings (SSSR count). The van der Waals surface area contributed by atoms with E-state index < -0.39 is 7.59 Å². The Balaban J connectivity index is 1.56. The van der Waals surface area contributed by atoms with Crippen LogP contribution in [0.5, 0.6) is 5.75 Å². The normalized spacial score (nSPS) is 11.9. The fourth-order valence-corrected chi connectivity index (χ4v) is 4.29. The van der Waals surface area contributed by atoms with Crippen LogP contribution in [-0.2, 0) is 7.59 Å². The Kier molecular flexibility index (Phi) is 12.3. The van der Waals surface area contributed by atoms with Gasteiger partial charge in [0, 0.05) is 5.56 Å². The lowest BCUT2D eigenvalue weighted by Crippen LogP contribution is -2.16. The summed E-state index contributed by atoms with van der Waals surface area (Å²) in [6, 6.07) is 15.6. The van der Waals surface area contributed by atoms with Crippen LogP contribution in [0.15, 0.2) is 61.2 Å². The van der Waals surface area contributed by atoms with Gasteiger partial charge in [-0.3, -0.25) is 0 Å². The standard InChI is InChI=1S/C28H29Cl6N3O/c1-2-3-4-5-6-7-8-9-10-19-38-23-17-15-21(16-18-23)20-11-13-22(14-12-20)24-35-25(27(29,30)31)37-26(36-24)28(32,33)34/h2,11-18H,1,3-10,19H2. The van der Waals surface area contributed by atoms with Crippen LogP contribution in [0.2, 0.25) is 0 Å². The average Bonchev–Trinajstić information content (AvgIpc) is 2.89. The van der Waals surface area contributed by atoms with Crippen molar-refractivity contribution in [1.82, 2.24) is 15.0 Å². The maximum absolute atomic E-state index is 5.97. The molecule has 0 atom stereocenters. The highest BCUT2D eigenvalue weighted by Gasteiger charge is 2.34. The van der Waals surface area contributed by atoms with Crippen LogP contribution >= 0.6 is 69.6 Å². The molecule has 0 bridgehead atoms. The van der Waals surface area contributed by atoms with Gasteiger partial charge in [0.2, 0.25) is 7.59 Å². The monoisotopic (exact) mass is 633 g/mol. The van der Waals surface area contributed by atoms with Gasteiger partial charge in [-0.25, -0.2) is 15.0 Å². The minimum atomic E-state index is -1.91. The molecule has 0 aliphatic heterocycles. The molecule has 10 heteroatoms. The van der Waals surface area contributed by atoms with Crippen molar-refractivity contribution in [2.75, 3.05) is 6.61 Å². The van der Waals surface area contributed by atoms with Crippen molar-refractivity contribution < 1.29 is 4.74 Å². The molecule has 0 saturated carbocycles. The molecule has 3 aromatic rings. The summed E-state index contributed by atoms with van der Waals surface area (Å²) >= 11 is 35.8. The first-order valence-electron chi connectivity index (χ1n) is 12.4. The molecule has 0 saturated heterocycles. The molecule has 4 nitrogen and oxygen atoms in total. The van der Waals surface area contributed by atoms with Gasteiger partial charge in [0.15, 0.2) is 17.5 Å². The van der Waals surface area contributed by atoms with Gasteiger partial charge in [-0.15, -0.1) is 6.58 Å². The number of benzene rings is 2. The molecular weight excluding hydrogens is 607 g/mol. The van der Waals surface area contributed by atoms with Gasteiger partial charge in [0.1, 0.15) is 5.75 Å². The largest absolute Gasteiger partial charge is 0.494 e. The maximum Gasteiger partial charge on any atom is 0.250 e. The van der Waals surface area contributed by atoms with Crippen LogP contribution < -0.4 is 4.74 Å². The van der Waals surface area contributed by atoms with Crippen molar-refractivity contribution >= 4 is 69.6 Å². The number of hydrogen-bond donors (Lipinski definition) is 0. The van der Waals surface area contributed by atoms with E-state index in [0.717, 1.165) is 36.3 Å². The lowest BCUT2D eigenvalue weighted by atomic mass is 10.0. The minimum absolute atomic E-state index is 0.132. The second kappa shape index (κ2) is 14.9. The molecular formula is C28H29Cl6N3O. The summed E-state index contributed by atoms with van der Waals surface area (Å²) < 4.78 is 2.10. The fraction of sp³-hybridized carbons (Fsp3) is 0.393. The molecule has 204 valence electrons. The summed E-state index contributed by atoms with van der Waals surface area (Å²) in [6.45, 7) is 4.49. The average molecular weight is 636 g/mol. The van der Waals surface area contributed by atoms with Gasteiger partial charge in [-0.05, 0) is 42.5 Å². The zero-order valence-corrected chi connectivity index (χ0v) is 25.3. The highest BCUT2D eigenvalue weighted by Crippen LogP contribution is 2.40. The Bertz CT molecular complexity index is 1130. The van der Waals surface area contributed by atoms with E-state index in [2.05, 4.69) is 21.5 Å². The van der Waals surface area contributed by atoms with E-state index in [9.17, 15) is 0 Å². The van der Waals surface area contributed by atoms with Crippen molar-refractivity contribution in [1.29, 1.82) is 0 Å². The van der Waals surface area contributed by atoms with Gasteiger partial charge in [0.25, 0.3) is 0 Å². The first-order chi connectivity index (χ1) is 18.1. The molecule has 0 N–H and O–H groups in total. The number of halogens is 6. The van der Waals surface area contributed by atoms with Gasteiger partial charge in [-0.2, -0.15) is 0 Å². The number of aromatic nitrogens is 3. The second-order valence-corrected chi connectivity index (χ2v) is 13.4. The lowest BCUT2D eigenvalue weighted by Gasteiger charge is -2.15. The third-order valence-corrected chi connectivity index (χ3v) is 6.81. The summed E-state index contributed by atoms with van der Waals surface area (Å²) in [5.41, 5.74) is 2.70. The highest BCUT2D eigenvalue weighted by atomic mass is 35.6. The van der Waals surface area contributed by atoms with Crippen LogP contribution in [0.1, 0.15) is 63.0 Å². The van der Waals surface area contributed by atoms with Gasteiger partial charge < -0.3 is 4.74 Å². The molecule has 0 radical (unpaired) electrons. The fourth-order valence-electron chi connectivity index (χ4n) is 3.78. The Morgan fingerprint density at radius 1 is 0.605 bits per heavy atom. The molecule has 0 spiro atoms. The third-order valence-electron chi connectivity index (χ3n) is 5.79. The van der Waals surface area contributed by atoms with E-state index in [1.807, 2.05) is 54.6 Å². The molecule has 1 heterocycles. The first-order valence-corrected chi connectivity index (χ1v) is 14.7.